The van der Waals surface area contributed by atoms with E-state index < -0.39 is 0 Å². The molecule has 2 aliphatic rings. The van der Waals surface area contributed by atoms with Gasteiger partial charge in [0.25, 0.3) is 0 Å². The van der Waals surface area contributed by atoms with Crippen molar-refractivity contribution in [1.29, 1.82) is 0 Å². The molecule has 1 atom stereocenters. The number of nitrogens with zero attached hydrogens (tertiary/aromatic N) is 2. The fourth-order valence-corrected chi connectivity index (χ4v) is 3.20. The van der Waals surface area contributed by atoms with Crippen molar-refractivity contribution in [3.63, 3.8) is 0 Å². The lowest BCUT2D eigenvalue weighted by Crippen LogP contribution is -2.38. The highest BCUT2D eigenvalue weighted by molar-refractivity contribution is 5.89. The number of pyridine rings is 1. The first-order valence-corrected chi connectivity index (χ1v) is 7.53. The van der Waals surface area contributed by atoms with Gasteiger partial charge >= 0.3 is 6.09 Å². The van der Waals surface area contributed by atoms with Crippen LogP contribution in [0.1, 0.15) is 43.5 Å². The van der Waals surface area contributed by atoms with Crippen molar-refractivity contribution >= 4 is 11.9 Å². The van der Waals surface area contributed by atoms with Crippen LogP contribution in [-0.4, -0.2) is 23.7 Å². The third-order valence-electron chi connectivity index (χ3n) is 4.43. The molecule has 2 heterocycles. The van der Waals surface area contributed by atoms with E-state index in [1.54, 1.807) is 4.90 Å². The predicted octanol–water partition coefficient (Wildman–Crippen LogP) is 3.25. The Hall–Kier alpha value is -1.58. The third-order valence-corrected chi connectivity index (χ3v) is 4.43. The minimum absolute atomic E-state index is 0.0936. The Bertz CT molecular complexity index is 540. The Balaban J connectivity index is 2.01. The molecule has 0 spiro atoms. The highest BCUT2D eigenvalue weighted by atomic mass is 16.6. The summed E-state index contributed by atoms with van der Waals surface area (Å²) >= 11 is 0. The summed E-state index contributed by atoms with van der Waals surface area (Å²) in [7, 11) is 0. The van der Waals surface area contributed by atoms with Gasteiger partial charge in [0.05, 0.1) is 6.04 Å². The zero-order chi connectivity index (χ0) is 14.3. The average molecular weight is 274 g/mol. The molecule has 20 heavy (non-hydrogen) atoms. The molecule has 0 saturated carbocycles. The summed E-state index contributed by atoms with van der Waals surface area (Å²) in [6.45, 7) is 6.82. The number of ether oxygens (including phenoxy) is 1. The van der Waals surface area contributed by atoms with Crippen LogP contribution in [0.2, 0.25) is 0 Å². The first-order chi connectivity index (χ1) is 9.58. The summed E-state index contributed by atoms with van der Waals surface area (Å²) in [5.41, 5.74) is 3.81. The van der Waals surface area contributed by atoms with E-state index in [2.05, 4.69) is 20.8 Å². The molecule has 0 aromatic carbocycles. The number of anilines is 1. The number of aryl methyl sites for hydroxylation is 2. The second-order valence-electron chi connectivity index (χ2n) is 6.19. The molecule has 3 rings (SSSR count). The summed E-state index contributed by atoms with van der Waals surface area (Å²) in [5.74, 6) is 1.13. The number of aromatic nitrogens is 1. The molecule has 1 aromatic rings. The van der Waals surface area contributed by atoms with Crippen molar-refractivity contribution in [2.24, 2.45) is 5.92 Å². The number of cyclic esters (lactones) is 1. The van der Waals surface area contributed by atoms with Crippen molar-refractivity contribution in [1.82, 2.24) is 4.98 Å². The highest BCUT2D eigenvalue weighted by Gasteiger charge is 2.37. The Morgan fingerprint density at radius 3 is 2.85 bits per heavy atom. The van der Waals surface area contributed by atoms with E-state index in [4.69, 9.17) is 9.72 Å². The zero-order valence-corrected chi connectivity index (χ0v) is 12.5. The summed E-state index contributed by atoms with van der Waals surface area (Å²) in [4.78, 5) is 18.5. The molecular formula is C16H22N2O2. The maximum absolute atomic E-state index is 12.0. The molecule has 1 aliphatic heterocycles. The summed E-state index contributed by atoms with van der Waals surface area (Å²) < 4.78 is 5.22. The van der Waals surface area contributed by atoms with E-state index in [1.165, 1.54) is 29.7 Å². The van der Waals surface area contributed by atoms with Crippen LogP contribution in [0.4, 0.5) is 10.6 Å². The predicted molar refractivity (Wildman–Crippen MR) is 78.1 cm³/mol. The Labute approximate surface area is 120 Å². The fraction of sp³-hybridized carbons (Fsp3) is 0.625. The van der Waals surface area contributed by atoms with Crippen LogP contribution in [0, 0.1) is 12.8 Å². The lowest BCUT2D eigenvalue weighted by molar-refractivity contribution is 0.177. The number of fused-ring (bicyclic) bond motifs is 1. The highest BCUT2D eigenvalue weighted by Crippen LogP contribution is 2.30. The molecule has 0 radical (unpaired) electrons. The van der Waals surface area contributed by atoms with Gasteiger partial charge in [0.2, 0.25) is 0 Å². The maximum Gasteiger partial charge on any atom is 0.415 e. The van der Waals surface area contributed by atoms with Gasteiger partial charge in [-0.1, -0.05) is 13.8 Å². The largest absolute Gasteiger partial charge is 0.447 e. The van der Waals surface area contributed by atoms with Crippen LogP contribution in [0.3, 0.4) is 0 Å². The molecule has 0 bridgehead atoms. The van der Waals surface area contributed by atoms with Crippen LogP contribution in [-0.2, 0) is 17.6 Å². The number of amides is 1. The Morgan fingerprint density at radius 1 is 1.35 bits per heavy atom. The lowest BCUT2D eigenvalue weighted by Gasteiger charge is -2.26. The molecule has 4 nitrogen and oxygen atoms in total. The molecule has 1 aliphatic carbocycles. The number of rotatable bonds is 2. The van der Waals surface area contributed by atoms with Crippen molar-refractivity contribution in [3.05, 3.63) is 22.9 Å². The molecule has 108 valence electrons. The lowest BCUT2D eigenvalue weighted by atomic mass is 9.92. The Kier molecular flexibility index (Phi) is 3.40. The van der Waals surface area contributed by atoms with Crippen molar-refractivity contribution < 1.29 is 9.53 Å². The van der Waals surface area contributed by atoms with Gasteiger partial charge in [0, 0.05) is 5.69 Å². The first kappa shape index (κ1) is 13.4. The molecule has 0 unspecified atom stereocenters. The van der Waals surface area contributed by atoms with E-state index in [0.29, 0.717) is 12.5 Å². The second kappa shape index (κ2) is 5.08. The molecule has 1 aromatic heterocycles. The second-order valence-corrected chi connectivity index (χ2v) is 6.19. The minimum Gasteiger partial charge on any atom is -0.447 e. The van der Waals surface area contributed by atoms with Crippen LogP contribution < -0.4 is 4.90 Å². The van der Waals surface area contributed by atoms with Gasteiger partial charge in [-0.3, -0.25) is 4.90 Å². The number of hydrogen-bond acceptors (Lipinski definition) is 3. The molecule has 1 saturated heterocycles. The van der Waals surface area contributed by atoms with Gasteiger partial charge in [-0.2, -0.15) is 0 Å². The molecule has 0 N–H and O–H groups in total. The first-order valence-electron chi connectivity index (χ1n) is 7.53. The van der Waals surface area contributed by atoms with E-state index >= 15 is 0 Å². The normalized spacial score (nSPS) is 22.1. The van der Waals surface area contributed by atoms with E-state index in [1.807, 2.05) is 6.07 Å². The fourth-order valence-electron chi connectivity index (χ4n) is 3.20. The zero-order valence-electron chi connectivity index (χ0n) is 12.5. The van der Waals surface area contributed by atoms with Gasteiger partial charge in [0.1, 0.15) is 12.4 Å². The van der Waals surface area contributed by atoms with Crippen LogP contribution in [0.25, 0.3) is 0 Å². The van der Waals surface area contributed by atoms with Crippen molar-refractivity contribution in [3.8, 4) is 0 Å². The summed E-state index contributed by atoms with van der Waals surface area (Å²) in [6.07, 6.45) is 4.33. The van der Waals surface area contributed by atoms with E-state index in [0.717, 1.165) is 18.7 Å². The van der Waals surface area contributed by atoms with Crippen LogP contribution >= 0.6 is 0 Å². The van der Waals surface area contributed by atoms with Gasteiger partial charge in [-0.15, -0.1) is 0 Å². The smallest absolute Gasteiger partial charge is 0.415 e. The monoisotopic (exact) mass is 274 g/mol. The summed E-state index contributed by atoms with van der Waals surface area (Å²) in [6, 6.07) is 2.14. The number of hydrogen-bond donors (Lipinski definition) is 0. The molecule has 1 fully saturated rings. The van der Waals surface area contributed by atoms with Gasteiger partial charge < -0.3 is 4.74 Å². The molecule has 4 heteroatoms. The average Bonchev–Trinajstić information content (AvgIpc) is 2.81. The number of carbonyl (C=O) groups excluding carboxylic acids is 1. The standard InChI is InChI=1S/C16H22N2O2/c1-10(2)14-9-20-16(19)18(14)15-8-11(3)12-6-4-5-7-13(12)17-15/h8,10,14H,4-7,9H2,1-3H3/t14-/m1/s1. The number of carbonyl (C=O) groups is 1. The molecule has 1 amide bonds. The van der Waals surface area contributed by atoms with Crippen LogP contribution in [0.5, 0.6) is 0 Å². The topological polar surface area (TPSA) is 42.4 Å². The van der Waals surface area contributed by atoms with Crippen molar-refractivity contribution in [2.45, 2.75) is 52.5 Å². The summed E-state index contributed by atoms with van der Waals surface area (Å²) in [5, 5.41) is 0. The van der Waals surface area contributed by atoms with E-state index in [-0.39, 0.29) is 12.1 Å². The Morgan fingerprint density at radius 2 is 2.10 bits per heavy atom. The van der Waals surface area contributed by atoms with Crippen molar-refractivity contribution in [2.75, 3.05) is 11.5 Å². The maximum atomic E-state index is 12.0. The van der Waals surface area contributed by atoms with Gasteiger partial charge in [0.15, 0.2) is 0 Å². The molecular weight excluding hydrogens is 252 g/mol. The van der Waals surface area contributed by atoms with Gasteiger partial charge in [-0.25, -0.2) is 9.78 Å². The SMILES string of the molecule is Cc1cc(N2C(=O)OC[C@@H]2C(C)C)nc2c1CCCC2. The van der Waals surface area contributed by atoms with Gasteiger partial charge in [-0.05, 0) is 55.7 Å². The quantitative estimate of drug-likeness (QED) is 0.831. The van der Waals surface area contributed by atoms with Crippen LogP contribution in [0.15, 0.2) is 6.07 Å². The third kappa shape index (κ3) is 2.17. The minimum atomic E-state index is -0.258. The van der Waals surface area contributed by atoms with E-state index in [9.17, 15) is 4.79 Å².